The molecule has 68 valence electrons. The number of rotatable bonds is 2. The third kappa shape index (κ3) is 1.36. The van der Waals surface area contributed by atoms with Gasteiger partial charge in [0.2, 0.25) is 0 Å². The first-order valence-electron chi connectivity index (χ1n) is 3.25. The van der Waals surface area contributed by atoms with Crippen LogP contribution in [0.1, 0.15) is 0 Å². The van der Waals surface area contributed by atoms with Gasteiger partial charge in [0.1, 0.15) is 0 Å². The highest BCUT2D eigenvalue weighted by atomic mass is 35.7. The first kappa shape index (κ1) is 8.40. The second-order valence-electron chi connectivity index (χ2n) is 2.12. The molecule has 2 heterocycles. The van der Waals surface area contributed by atoms with Crippen molar-refractivity contribution in [3.63, 3.8) is 0 Å². The van der Waals surface area contributed by atoms with Crippen LogP contribution in [0.4, 0.5) is 0 Å². The van der Waals surface area contributed by atoms with Crippen LogP contribution >= 0.6 is 18.0 Å². The van der Waals surface area contributed by atoms with Gasteiger partial charge in [-0.05, 0) is 11.2 Å². The minimum absolute atomic E-state index is 1.04. The quantitative estimate of drug-likeness (QED) is 0.690. The summed E-state index contributed by atoms with van der Waals surface area (Å²) < 4.78 is 13.9. The van der Waals surface area contributed by atoms with E-state index in [4.69, 9.17) is 11.2 Å². The van der Waals surface area contributed by atoms with Crippen molar-refractivity contribution < 1.29 is 4.57 Å². The fourth-order valence-electron chi connectivity index (χ4n) is 0.761. The highest BCUT2D eigenvalue weighted by Gasteiger charge is 2.25. The minimum atomic E-state index is -3.34. The zero-order valence-corrected chi connectivity index (χ0v) is 7.88. The highest BCUT2D eigenvalue weighted by molar-refractivity contribution is 7.86. The Morgan fingerprint density at radius 3 is 1.85 bits per heavy atom. The summed E-state index contributed by atoms with van der Waals surface area (Å²) in [5.74, 6) is 0. The molecular weight excluding hydrogens is 215 g/mol. The molecule has 7 nitrogen and oxygen atoms in total. The van der Waals surface area contributed by atoms with Gasteiger partial charge in [0.25, 0.3) is 0 Å². The van der Waals surface area contributed by atoms with Gasteiger partial charge in [0, 0.05) is 0 Å². The fraction of sp³-hybridized carbons (Fsp3) is 0. The minimum Gasteiger partial charge on any atom is -0.253 e. The number of halogens is 1. The summed E-state index contributed by atoms with van der Waals surface area (Å²) in [5.41, 5.74) is 0. The summed E-state index contributed by atoms with van der Waals surface area (Å²) in [4.78, 5) is 0. The van der Waals surface area contributed by atoms with Crippen LogP contribution in [0.3, 0.4) is 0 Å². The third-order valence-corrected chi connectivity index (χ3v) is 3.69. The topological polar surface area (TPSA) is 78.5 Å². The first-order valence-corrected chi connectivity index (χ1v) is 5.77. The molecule has 0 atom stereocenters. The maximum Gasteiger partial charge on any atom is 0.394 e. The first-order chi connectivity index (χ1) is 6.21. The zero-order chi connectivity index (χ0) is 9.31. The van der Waals surface area contributed by atoms with Gasteiger partial charge in [-0.25, -0.2) is 0 Å². The Bertz CT molecular complexity index is 385. The Balaban J connectivity index is 2.49. The Labute approximate surface area is 77.6 Å². The van der Waals surface area contributed by atoms with Gasteiger partial charge in [-0.15, -0.1) is 10.2 Å². The summed E-state index contributed by atoms with van der Waals surface area (Å²) in [7, 11) is 0. The largest absolute Gasteiger partial charge is 0.394 e. The molecular formula is C4H4ClN6OP. The normalized spacial score (nSPS) is 11.8. The molecule has 0 N–H and O–H groups in total. The molecule has 0 aromatic carbocycles. The Hall–Kier alpha value is -1.20. The lowest BCUT2D eigenvalue weighted by molar-refractivity contribution is 0.558. The molecule has 0 amide bonds. The number of hydrogen-bond donors (Lipinski definition) is 0. The van der Waals surface area contributed by atoms with Crippen molar-refractivity contribution in [2.45, 2.75) is 0 Å². The van der Waals surface area contributed by atoms with E-state index in [1.54, 1.807) is 0 Å². The average Bonchev–Trinajstić information content (AvgIpc) is 2.78. The Morgan fingerprint density at radius 2 is 1.54 bits per heavy atom. The maximum atomic E-state index is 11.8. The lowest BCUT2D eigenvalue weighted by Gasteiger charge is -2.07. The van der Waals surface area contributed by atoms with Gasteiger partial charge in [-0.3, -0.25) is 4.57 Å². The van der Waals surface area contributed by atoms with Crippen LogP contribution in [0.25, 0.3) is 0 Å². The van der Waals surface area contributed by atoms with Crippen LogP contribution in [-0.2, 0) is 4.57 Å². The summed E-state index contributed by atoms with van der Waals surface area (Å²) in [5, 5.41) is 14.0. The van der Waals surface area contributed by atoms with Crippen LogP contribution in [0.2, 0.25) is 0 Å². The van der Waals surface area contributed by atoms with Crippen molar-refractivity contribution in [1.29, 1.82) is 0 Å². The molecule has 0 saturated heterocycles. The van der Waals surface area contributed by atoms with Crippen molar-refractivity contribution in [3.8, 4) is 0 Å². The second kappa shape index (κ2) is 2.93. The lowest BCUT2D eigenvalue weighted by Crippen LogP contribution is -2.03. The maximum absolute atomic E-state index is 11.8. The van der Waals surface area contributed by atoms with Crippen molar-refractivity contribution in [2.75, 3.05) is 0 Å². The van der Waals surface area contributed by atoms with Crippen molar-refractivity contribution in [2.24, 2.45) is 0 Å². The molecule has 9 heteroatoms. The van der Waals surface area contributed by atoms with E-state index in [1.807, 2.05) is 0 Å². The Morgan fingerprint density at radius 1 is 1.08 bits per heavy atom. The molecule has 0 aliphatic rings. The molecule has 0 unspecified atom stereocenters. The Kier molecular flexibility index (Phi) is 1.90. The summed E-state index contributed by atoms with van der Waals surface area (Å²) >= 11 is 5.75. The molecule has 0 bridgehead atoms. The van der Waals surface area contributed by atoms with Crippen molar-refractivity contribution >= 4 is 18.0 Å². The van der Waals surface area contributed by atoms with Crippen LogP contribution in [0.5, 0.6) is 0 Å². The van der Waals surface area contributed by atoms with Gasteiger partial charge >= 0.3 is 6.80 Å². The van der Waals surface area contributed by atoms with E-state index in [-0.39, 0.29) is 0 Å². The van der Waals surface area contributed by atoms with Crippen molar-refractivity contribution in [3.05, 3.63) is 24.8 Å². The van der Waals surface area contributed by atoms with Gasteiger partial charge in [-0.2, -0.15) is 8.90 Å². The zero-order valence-electron chi connectivity index (χ0n) is 6.23. The predicted molar refractivity (Wildman–Crippen MR) is 44.3 cm³/mol. The third-order valence-electron chi connectivity index (χ3n) is 1.33. The second-order valence-corrected chi connectivity index (χ2v) is 5.21. The molecule has 2 rings (SSSR count). The van der Waals surface area contributed by atoms with Gasteiger partial charge in [-0.1, -0.05) is 10.4 Å². The van der Waals surface area contributed by atoms with Gasteiger partial charge in [0.05, 0.1) is 24.8 Å². The lowest BCUT2D eigenvalue weighted by atomic mass is 11.0. The number of hydrogen-bond acceptors (Lipinski definition) is 5. The SMILES string of the molecule is O=P(Cl)(n1ccnn1)n1ccnn1. The summed E-state index contributed by atoms with van der Waals surface area (Å²) in [6.45, 7) is -3.34. The molecule has 0 fully saturated rings. The van der Waals surface area contributed by atoms with Crippen LogP contribution in [0, 0.1) is 0 Å². The van der Waals surface area contributed by atoms with E-state index in [0.717, 1.165) is 8.90 Å². The molecule has 2 aromatic rings. The number of aromatic nitrogens is 6. The molecule has 0 spiro atoms. The van der Waals surface area contributed by atoms with Crippen LogP contribution in [0.15, 0.2) is 24.8 Å². The smallest absolute Gasteiger partial charge is 0.253 e. The average molecular weight is 219 g/mol. The van der Waals surface area contributed by atoms with E-state index >= 15 is 0 Å². The molecule has 0 aliphatic heterocycles. The van der Waals surface area contributed by atoms with E-state index in [9.17, 15) is 4.57 Å². The van der Waals surface area contributed by atoms with Crippen LogP contribution < -0.4 is 0 Å². The summed E-state index contributed by atoms with van der Waals surface area (Å²) in [6.07, 6.45) is 5.56. The van der Waals surface area contributed by atoms with E-state index in [0.29, 0.717) is 0 Å². The standard InChI is InChI=1S/C4H4ClN6OP/c5-13(12,10-3-1-6-8-10)11-4-2-7-9-11/h1-4H. The number of nitrogens with zero attached hydrogens (tertiary/aromatic N) is 6. The molecule has 0 radical (unpaired) electrons. The van der Waals surface area contributed by atoms with E-state index < -0.39 is 6.80 Å². The van der Waals surface area contributed by atoms with Gasteiger partial charge < -0.3 is 0 Å². The van der Waals surface area contributed by atoms with E-state index in [2.05, 4.69) is 20.6 Å². The van der Waals surface area contributed by atoms with Gasteiger partial charge in [0.15, 0.2) is 0 Å². The van der Waals surface area contributed by atoms with Crippen LogP contribution in [-0.4, -0.2) is 29.5 Å². The highest BCUT2D eigenvalue weighted by Crippen LogP contribution is 2.51. The molecule has 0 aliphatic carbocycles. The summed E-state index contributed by atoms with van der Waals surface area (Å²) in [6, 6.07) is 0. The predicted octanol–water partition coefficient (Wildman–Crippen LogP) is 0.613. The molecule has 2 aromatic heterocycles. The molecule has 13 heavy (non-hydrogen) atoms. The monoisotopic (exact) mass is 218 g/mol. The molecule has 0 saturated carbocycles. The van der Waals surface area contributed by atoms with Crippen molar-refractivity contribution in [1.82, 2.24) is 29.5 Å². The van der Waals surface area contributed by atoms with E-state index in [1.165, 1.54) is 24.8 Å². The fourth-order valence-corrected chi connectivity index (χ4v) is 2.17.